The molecular weight excluding hydrogens is 372 g/mol. The van der Waals surface area contributed by atoms with Crippen LogP contribution in [-0.2, 0) is 0 Å². The number of halogens is 2. The number of aryl methyl sites for hydroxylation is 1. The summed E-state index contributed by atoms with van der Waals surface area (Å²) in [5.41, 5.74) is 2.66. The lowest BCUT2D eigenvalue weighted by molar-refractivity contribution is 0.471. The molecule has 3 rings (SSSR count). The minimum absolute atomic E-state index is 0.111. The molecule has 6 heteroatoms. The second-order valence-electron chi connectivity index (χ2n) is 4.55. The molecule has 2 aromatic carbocycles. The van der Waals surface area contributed by atoms with Gasteiger partial charge in [-0.3, -0.25) is 0 Å². The summed E-state index contributed by atoms with van der Waals surface area (Å²) in [5.74, 6) is 0.111. The van der Waals surface area contributed by atoms with Crippen LogP contribution in [0.25, 0.3) is 10.2 Å². The fourth-order valence-electron chi connectivity index (χ4n) is 1.88. The van der Waals surface area contributed by atoms with Crippen LogP contribution < -0.4 is 0 Å². The molecule has 0 radical (unpaired) electrons. The molecule has 0 fully saturated rings. The first-order valence-corrected chi connectivity index (χ1v) is 8.11. The van der Waals surface area contributed by atoms with Crippen molar-refractivity contribution in [2.75, 3.05) is 0 Å². The highest BCUT2D eigenvalue weighted by Crippen LogP contribution is 2.32. The zero-order valence-corrected chi connectivity index (χ0v) is 14.1. The highest BCUT2D eigenvalue weighted by Gasteiger charge is 2.06. The van der Waals surface area contributed by atoms with Crippen LogP contribution in [0.5, 0.6) is 5.75 Å². The number of rotatable bonds is 2. The van der Waals surface area contributed by atoms with E-state index in [9.17, 15) is 5.11 Å². The SMILES string of the molecule is Cc1ccc2nc(/N=C/c3cc(Cl)cc(Br)c3O)sc2c1. The third kappa shape index (κ3) is 3.10. The first-order chi connectivity index (χ1) is 10.0. The van der Waals surface area contributed by atoms with E-state index >= 15 is 0 Å². The number of nitrogens with zero attached hydrogens (tertiary/aromatic N) is 2. The maximum Gasteiger partial charge on any atom is 0.210 e. The number of fused-ring (bicyclic) bond motifs is 1. The lowest BCUT2D eigenvalue weighted by Gasteiger charge is -2.01. The molecule has 0 aliphatic rings. The van der Waals surface area contributed by atoms with Crippen LogP contribution in [0.4, 0.5) is 5.13 Å². The van der Waals surface area contributed by atoms with Crippen LogP contribution in [0.15, 0.2) is 39.8 Å². The molecule has 1 N–H and O–H groups in total. The fraction of sp³-hybridized carbons (Fsp3) is 0.0667. The Bertz CT molecular complexity index is 860. The molecule has 3 nitrogen and oxygen atoms in total. The van der Waals surface area contributed by atoms with Gasteiger partial charge in [0.1, 0.15) is 5.75 Å². The minimum Gasteiger partial charge on any atom is -0.506 e. The standard InChI is InChI=1S/C15H10BrClN2OS/c1-8-2-3-12-13(4-8)21-15(19-12)18-7-9-5-10(17)6-11(16)14(9)20/h2-7,20H,1H3/b18-7+. The molecule has 0 aliphatic heterocycles. The molecule has 1 aromatic heterocycles. The summed E-state index contributed by atoms with van der Waals surface area (Å²) in [6.45, 7) is 2.05. The van der Waals surface area contributed by atoms with Gasteiger partial charge >= 0.3 is 0 Å². The average molecular weight is 382 g/mol. The van der Waals surface area contributed by atoms with E-state index in [0.717, 1.165) is 10.2 Å². The predicted octanol–water partition coefficient (Wildman–Crippen LogP) is 5.48. The van der Waals surface area contributed by atoms with Crippen molar-refractivity contribution in [1.82, 2.24) is 4.98 Å². The van der Waals surface area contributed by atoms with Crippen LogP contribution in [0.1, 0.15) is 11.1 Å². The Morgan fingerprint density at radius 2 is 2.14 bits per heavy atom. The van der Waals surface area contributed by atoms with Gasteiger partial charge < -0.3 is 5.11 Å². The molecule has 0 atom stereocenters. The van der Waals surface area contributed by atoms with E-state index in [4.69, 9.17) is 11.6 Å². The molecule has 0 amide bonds. The van der Waals surface area contributed by atoms with Gasteiger partial charge in [-0.1, -0.05) is 29.0 Å². The van der Waals surface area contributed by atoms with Gasteiger partial charge in [0, 0.05) is 16.8 Å². The molecule has 3 aromatic rings. The summed E-state index contributed by atoms with van der Waals surface area (Å²) in [6, 6.07) is 9.37. The topological polar surface area (TPSA) is 45.5 Å². The molecule has 0 saturated carbocycles. The predicted molar refractivity (Wildman–Crippen MR) is 92.4 cm³/mol. The van der Waals surface area contributed by atoms with Gasteiger partial charge in [-0.05, 0) is 52.7 Å². The molecule has 21 heavy (non-hydrogen) atoms. The largest absolute Gasteiger partial charge is 0.506 e. The fourth-order valence-corrected chi connectivity index (χ4v) is 3.63. The number of aromatic hydroxyl groups is 1. The Labute approximate surface area is 139 Å². The molecule has 106 valence electrons. The normalized spacial score (nSPS) is 11.6. The lowest BCUT2D eigenvalue weighted by Crippen LogP contribution is -1.83. The third-order valence-electron chi connectivity index (χ3n) is 2.90. The molecule has 0 aliphatic carbocycles. The van der Waals surface area contributed by atoms with Crippen LogP contribution in [0.2, 0.25) is 5.02 Å². The Kier molecular flexibility index (Phi) is 3.97. The van der Waals surface area contributed by atoms with Crippen molar-refractivity contribution in [3.05, 3.63) is 51.0 Å². The van der Waals surface area contributed by atoms with E-state index in [0.29, 0.717) is 20.2 Å². The van der Waals surface area contributed by atoms with Gasteiger partial charge in [0.15, 0.2) is 0 Å². The maximum absolute atomic E-state index is 9.96. The number of aromatic nitrogens is 1. The summed E-state index contributed by atoms with van der Waals surface area (Å²) < 4.78 is 1.63. The van der Waals surface area contributed by atoms with Gasteiger partial charge in [-0.2, -0.15) is 0 Å². The minimum atomic E-state index is 0.111. The number of benzene rings is 2. The van der Waals surface area contributed by atoms with Gasteiger partial charge in [-0.15, -0.1) is 0 Å². The second-order valence-corrected chi connectivity index (χ2v) is 6.85. The van der Waals surface area contributed by atoms with Crippen molar-refractivity contribution in [2.45, 2.75) is 6.92 Å². The first kappa shape index (κ1) is 14.5. The number of thiazole rings is 1. The Morgan fingerprint density at radius 3 is 2.95 bits per heavy atom. The van der Waals surface area contributed by atoms with Crippen molar-refractivity contribution in [2.24, 2.45) is 4.99 Å². The van der Waals surface area contributed by atoms with Crippen LogP contribution in [0.3, 0.4) is 0 Å². The average Bonchev–Trinajstić information content (AvgIpc) is 2.83. The molecule has 0 unspecified atom stereocenters. The number of hydrogen-bond acceptors (Lipinski definition) is 4. The Hall–Kier alpha value is -1.43. The molecular formula is C15H10BrClN2OS. The summed E-state index contributed by atoms with van der Waals surface area (Å²) >= 11 is 10.7. The van der Waals surface area contributed by atoms with Crippen molar-refractivity contribution < 1.29 is 5.11 Å². The van der Waals surface area contributed by atoms with Gasteiger partial charge in [0.2, 0.25) is 5.13 Å². The van der Waals surface area contributed by atoms with Gasteiger partial charge in [0.25, 0.3) is 0 Å². The number of phenolic OH excluding ortho intramolecular Hbond substituents is 1. The van der Waals surface area contributed by atoms with Crippen LogP contribution >= 0.6 is 38.9 Å². The van der Waals surface area contributed by atoms with E-state index < -0.39 is 0 Å². The van der Waals surface area contributed by atoms with Gasteiger partial charge in [-0.25, -0.2) is 9.98 Å². The zero-order valence-electron chi connectivity index (χ0n) is 11.0. The molecule has 0 saturated heterocycles. The maximum atomic E-state index is 9.96. The van der Waals surface area contributed by atoms with E-state index in [-0.39, 0.29) is 5.75 Å². The summed E-state index contributed by atoms with van der Waals surface area (Å²) in [7, 11) is 0. The van der Waals surface area contributed by atoms with E-state index in [1.807, 2.05) is 19.1 Å². The third-order valence-corrected chi connectivity index (χ3v) is 4.65. The van der Waals surface area contributed by atoms with Crippen molar-refractivity contribution >= 4 is 60.4 Å². The smallest absolute Gasteiger partial charge is 0.210 e. The number of phenols is 1. The van der Waals surface area contributed by atoms with Crippen LogP contribution in [-0.4, -0.2) is 16.3 Å². The van der Waals surface area contributed by atoms with Crippen molar-refractivity contribution in [1.29, 1.82) is 0 Å². The highest BCUT2D eigenvalue weighted by molar-refractivity contribution is 9.10. The summed E-state index contributed by atoms with van der Waals surface area (Å²) in [6.07, 6.45) is 1.57. The molecule has 0 spiro atoms. The molecule has 0 bridgehead atoms. The Morgan fingerprint density at radius 1 is 1.33 bits per heavy atom. The monoisotopic (exact) mass is 380 g/mol. The summed E-state index contributed by atoms with van der Waals surface area (Å²) in [4.78, 5) is 8.77. The van der Waals surface area contributed by atoms with E-state index in [2.05, 4.69) is 32.0 Å². The number of hydrogen-bond donors (Lipinski definition) is 1. The zero-order chi connectivity index (χ0) is 15.0. The first-order valence-electron chi connectivity index (χ1n) is 6.12. The van der Waals surface area contributed by atoms with Crippen molar-refractivity contribution in [3.8, 4) is 5.75 Å². The highest BCUT2D eigenvalue weighted by atomic mass is 79.9. The second kappa shape index (κ2) is 5.75. The Balaban J connectivity index is 1.98. The lowest BCUT2D eigenvalue weighted by atomic mass is 10.2. The summed E-state index contributed by atoms with van der Waals surface area (Å²) in [5, 5.41) is 11.1. The quantitative estimate of drug-likeness (QED) is 0.598. The van der Waals surface area contributed by atoms with E-state index in [1.54, 1.807) is 18.3 Å². The molecule has 1 heterocycles. The van der Waals surface area contributed by atoms with Gasteiger partial charge in [0.05, 0.1) is 14.7 Å². The van der Waals surface area contributed by atoms with E-state index in [1.165, 1.54) is 16.9 Å². The number of aliphatic imine (C=N–C) groups is 1. The van der Waals surface area contributed by atoms with Crippen molar-refractivity contribution in [3.63, 3.8) is 0 Å². The van der Waals surface area contributed by atoms with Crippen LogP contribution in [0, 0.1) is 6.92 Å².